The van der Waals surface area contributed by atoms with Crippen molar-refractivity contribution in [2.45, 2.75) is 38.6 Å². The Hall–Kier alpha value is -2.99. The van der Waals surface area contributed by atoms with Crippen LogP contribution >= 0.6 is 0 Å². The fraction of sp³-hybridized carbons (Fsp3) is 0.360. The van der Waals surface area contributed by atoms with Crippen LogP contribution in [0.1, 0.15) is 43.1 Å². The van der Waals surface area contributed by atoms with Gasteiger partial charge >= 0.3 is 0 Å². The first-order valence-corrected chi connectivity index (χ1v) is 11.1. The summed E-state index contributed by atoms with van der Waals surface area (Å²) in [5.74, 6) is -0.497. The minimum Gasteiger partial charge on any atom is -0.351 e. The standard InChI is InChI=1S/C25H29FN4O/c1-19-8-5-6-16-29(19)17-7-15-27-25(31)24-18-23(20-9-3-2-4-10-20)28-30(24)22-13-11-21(26)12-14-22/h2-4,9-14,18-19H,5-8,15-17H2,1H3,(H,27,31). The van der Waals surface area contributed by atoms with Gasteiger partial charge in [-0.25, -0.2) is 9.07 Å². The van der Waals surface area contributed by atoms with Crippen LogP contribution < -0.4 is 5.32 Å². The van der Waals surface area contributed by atoms with Gasteiger partial charge in [-0.05, 0) is 63.1 Å². The number of amides is 1. The van der Waals surface area contributed by atoms with Crippen LogP contribution in [0.2, 0.25) is 0 Å². The summed E-state index contributed by atoms with van der Waals surface area (Å²) in [4.78, 5) is 15.5. The lowest BCUT2D eigenvalue weighted by molar-refractivity contribution is 0.0941. The summed E-state index contributed by atoms with van der Waals surface area (Å²) in [6.45, 7) is 5.03. The first-order chi connectivity index (χ1) is 15.1. The average molecular weight is 421 g/mol. The largest absolute Gasteiger partial charge is 0.351 e. The number of aromatic nitrogens is 2. The van der Waals surface area contributed by atoms with Crippen molar-refractivity contribution in [3.8, 4) is 16.9 Å². The van der Waals surface area contributed by atoms with Gasteiger partial charge in [0.25, 0.3) is 5.91 Å². The van der Waals surface area contributed by atoms with E-state index in [2.05, 4.69) is 22.2 Å². The van der Waals surface area contributed by atoms with Crippen LogP contribution in [0.3, 0.4) is 0 Å². The first-order valence-electron chi connectivity index (χ1n) is 11.1. The van der Waals surface area contributed by atoms with Gasteiger partial charge in [0, 0.05) is 24.7 Å². The molecule has 1 N–H and O–H groups in total. The topological polar surface area (TPSA) is 50.2 Å². The molecule has 0 saturated carbocycles. The predicted octanol–water partition coefficient (Wildman–Crippen LogP) is 4.67. The molecule has 1 unspecified atom stereocenters. The smallest absolute Gasteiger partial charge is 0.270 e. The molecule has 6 heteroatoms. The highest BCUT2D eigenvalue weighted by molar-refractivity contribution is 5.94. The lowest BCUT2D eigenvalue weighted by Gasteiger charge is -2.33. The van der Waals surface area contributed by atoms with E-state index >= 15 is 0 Å². The number of piperidine rings is 1. The second-order valence-corrected chi connectivity index (χ2v) is 8.16. The number of carbonyl (C=O) groups excluding carboxylic acids is 1. The summed E-state index contributed by atoms with van der Waals surface area (Å²) >= 11 is 0. The quantitative estimate of drug-likeness (QED) is 0.565. The molecule has 2 aromatic carbocycles. The number of halogens is 1. The summed E-state index contributed by atoms with van der Waals surface area (Å²) in [7, 11) is 0. The molecule has 1 saturated heterocycles. The van der Waals surface area contributed by atoms with E-state index in [0.29, 0.717) is 29.7 Å². The summed E-state index contributed by atoms with van der Waals surface area (Å²) in [6.07, 6.45) is 4.74. The first kappa shape index (κ1) is 21.2. The Kier molecular flexibility index (Phi) is 6.77. The van der Waals surface area contributed by atoms with Crippen molar-refractivity contribution in [3.05, 3.63) is 72.2 Å². The molecular weight excluding hydrogens is 391 g/mol. The highest BCUT2D eigenvalue weighted by Crippen LogP contribution is 2.22. The molecule has 2 heterocycles. The van der Waals surface area contributed by atoms with Crippen LogP contribution in [0, 0.1) is 5.82 Å². The Morgan fingerprint density at radius 2 is 1.90 bits per heavy atom. The van der Waals surface area contributed by atoms with Gasteiger partial charge in [0.2, 0.25) is 0 Å². The summed E-state index contributed by atoms with van der Waals surface area (Å²) < 4.78 is 15.0. The van der Waals surface area contributed by atoms with E-state index in [1.807, 2.05) is 30.3 Å². The number of carbonyl (C=O) groups is 1. The molecule has 1 aliphatic rings. The van der Waals surface area contributed by atoms with E-state index < -0.39 is 0 Å². The van der Waals surface area contributed by atoms with E-state index in [4.69, 9.17) is 0 Å². The van der Waals surface area contributed by atoms with Crippen LogP contribution in [-0.2, 0) is 0 Å². The van der Waals surface area contributed by atoms with E-state index in [0.717, 1.165) is 25.1 Å². The van der Waals surface area contributed by atoms with Crippen molar-refractivity contribution in [1.82, 2.24) is 20.0 Å². The van der Waals surface area contributed by atoms with Crippen molar-refractivity contribution in [3.63, 3.8) is 0 Å². The molecule has 0 bridgehead atoms. The minimum absolute atomic E-state index is 0.175. The van der Waals surface area contributed by atoms with Crippen molar-refractivity contribution < 1.29 is 9.18 Å². The van der Waals surface area contributed by atoms with Gasteiger partial charge < -0.3 is 10.2 Å². The third kappa shape index (κ3) is 5.20. The zero-order valence-electron chi connectivity index (χ0n) is 17.9. The van der Waals surface area contributed by atoms with Gasteiger partial charge in [-0.1, -0.05) is 36.8 Å². The van der Waals surface area contributed by atoms with Crippen molar-refractivity contribution in [2.75, 3.05) is 19.6 Å². The van der Waals surface area contributed by atoms with Crippen LogP contribution in [0.25, 0.3) is 16.9 Å². The molecular formula is C25H29FN4O. The second-order valence-electron chi connectivity index (χ2n) is 8.16. The van der Waals surface area contributed by atoms with E-state index in [-0.39, 0.29) is 11.7 Å². The predicted molar refractivity (Wildman–Crippen MR) is 121 cm³/mol. The maximum absolute atomic E-state index is 13.4. The Morgan fingerprint density at radius 1 is 1.13 bits per heavy atom. The summed E-state index contributed by atoms with van der Waals surface area (Å²) in [5.41, 5.74) is 2.72. The van der Waals surface area contributed by atoms with Gasteiger partial charge in [-0.2, -0.15) is 5.10 Å². The number of nitrogens with zero attached hydrogens (tertiary/aromatic N) is 3. The second kappa shape index (κ2) is 9.88. The Bertz CT molecular complexity index is 1000. The maximum Gasteiger partial charge on any atom is 0.270 e. The van der Waals surface area contributed by atoms with Crippen molar-refractivity contribution in [1.29, 1.82) is 0 Å². The molecule has 0 radical (unpaired) electrons. The molecule has 0 spiro atoms. The van der Waals surface area contributed by atoms with E-state index in [1.54, 1.807) is 22.9 Å². The molecule has 3 aromatic rings. The van der Waals surface area contributed by atoms with Crippen LogP contribution in [0.4, 0.5) is 4.39 Å². The number of rotatable bonds is 7. The molecule has 1 aromatic heterocycles. The van der Waals surface area contributed by atoms with Gasteiger partial charge in [0.05, 0.1) is 11.4 Å². The summed E-state index contributed by atoms with van der Waals surface area (Å²) in [6, 6.07) is 18.2. The SMILES string of the molecule is CC1CCCCN1CCCNC(=O)c1cc(-c2ccccc2)nn1-c1ccc(F)cc1. The number of likely N-dealkylation sites (tertiary alicyclic amines) is 1. The van der Waals surface area contributed by atoms with Gasteiger partial charge in [-0.15, -0.1) is 0 Å². The van der Waals surface area contributed by atoms with Gasteiger partial charge in [-0.3, -0.25) is 4.79 Å². The third-order valence-corrected chi connectivity index (χ3v) is 5.93. The van der Waals surface area contributed by atoms with E-state index in [9.17, 15) is 9.18 Å². The Morgan fingerprint density at radius 3 is 2.65 bits per heavy atom. The normalized spacial score (nSPS) is 16.9. The minimum atomic E-state index is -0.322. The monoisotopic (exact) mass is 420 g/mol. The highest BCUT2D eigenvalue weighted by atomic mass is 19.1. The summed E-state index contributed by atoms with van der Waals surface area (Å²) in [5, 5.41) is 7.68. The molecule has 1 atom stereocenters. The van der Waals surface area contributed by atoms with Crippen molar-refractivity contribution in [2.24, 2.45) is 0 Å². The van der Waals surface area contributed by atoms with Crippen LogP contribution in [0.15, 0.2) is 60.7 Å². The third-order valence-electron chi connectivity index (χ3n) is 5.93. The molecule has 31 heavy (non-hydrogen) atoms. The molecule has 4 rings (SSSR count). The number of nitrogens with one attached hydrogen (secondary N) is 1. The molecule has 162 valence electrons. The molecule has 1 amide bonds. The average Bonchev–Trinajstić information content (AvgIpc) is 3.24. The Balaban J connectivity index is 1.48. The van der Waals surface area contributed by atoms with Crippen LogP contribution in [0.5, 0.6) is 0 Å². The van der Waals surface area contributed by atoms with Gasteiger partial charge in [0.1, 0.15) is 11.5 Å². The fourth-order valence-corrected chi connectivity index (χ4v) is 4.14. The molecule has 1 aliphatic heterocycles. The zero-order valence-corrected chi connectivity index (χ0v) is 17.9. The zero-order chi connectivity index (χ0) is 21.6. The lowest BCUT2D eigenvalue weighted by atomic mass is 10.0. The molecule has 5 nitrogen and oxygen atoms in total. The Labute approximate surface area is 182 Å². The fourth-order valence-electron chi connectivity index (χ4n) is 4.14. The van der Waals surface area contributed by atoms with Crippen LogP contribution in [-0.4, -0.2) is 46.3 Å². The molecule has 0 aliphatic carbocycles. The lowest BCUT2D eigenvalue weighted by Crippen LogP contribution is -2.39. The highest BCUT2D eigenvalue weighted by Gasteiger charge is 2.19. The van der Waals surface area contributed by atoms with Gasteiger partial charge in [0.15, 0.2) is 0 Å². The van der Waals surface area contributed by atoms with E-state index in [1.165, 1.54) is 31.4 Å². The molecule has 1 fully saturated rings. The number of hydrogen-bond acceptors (Lipinski definition) is 3. The number of benzene rings is 2. The maximum atomic E-state index is 13.4. The van der Waals surface area contributed by atoms with Crippen molar-refractivity contribution >= 4 is 5.91 Å². The number of hydrogen-bond donors (Lipinski definition) is 1.